The number of amides is 2. The molecular weight excluding hydrogens is 384 g/mol. The number of hydrogen-bond donors (Lipinski definition) is 2. The quantitative estimate of drug-likeness (QED) is 0.776. The van der Waals surface area contributed by atoms with Crippen molar-refractivity contribution in [3.63, 3.8) is 0 Å². The summed E-state index contributed by atoms with van der Waals surface area (Å²) < 4.78 is 39.9. The Balaban J connectivity index is 1.98. The van der Waals surface area contributed by atoms with Gasteiger partial charge in [-0.2, -0.15) is 0 Å². The second-order valence-electron chi connectivity index (χ2n) is 4.60. The minimum absolute atomic E-state index is 0.00650. The van der Waals surface area contributed by atoms with Crippen molar-refractivity contribution in [3.05, 3.63) is 63.6 Å². The van der Waals surface area contributed by atoms with Gasteiger partial charge in [-0.1, -0.05) is 23.2 Å². The molecule has 2 aromatic rings. The lowest BCUT2D eigenvalue weighted by Crippen LogP contribution is -2.41. The molecule has 0 radical (unpaired) electrons. The summed E-state index contributed by atoms with van der Waals surface area (Å²) in [5, 5.41) is 0.408. The molecule has 2 aromatic carbocycles. The summed E-state index contributed by atoms with van der Waals surface area (Å²) in [5.41, 5.74) is 4.28. The summed E-state index contributed by atoms with van der Waals surface area (Å²) in [7, 11) is 0. The molecule has 0 fully saturated rings. The van der Waals surface area contributed by atoms with Crippen LogP contribution >= 0.6 is 23.2 Å². The second-order valence-corrected chi connectivity index (χ2v) is 5.45. The van der Waals surface area contributed by atoms with E-state index in [0.29, 0.717) is 0 Å². The van der Waals surface area contributed by atoms with Gasteiger partial charge in [-0.3, -0.25) is 20.4 Å². The van der Waals surface area contributed by atoms with Crippen molar-refractivity contribution in [2.75, 3.05) is 0 Å². The first-order chi connectivity index (χ1) is 11.7. The van der Waals surface area contributed by atoms with E-state index in [4.69, 9.17) is 23.2 Å². The highest BCUT2D eigenvalue weighted by Gasteiger charge is 2.31. The van der Waals surface area contributed by atoms with Crippen LogP contribution in [0.1, 0.15) is 20.7 Å². The number of alkyl halides is 3. The van der Waals surface area contributed by atoms with Crippen molar-refractivity contribution < 1.29 is 27.5 Å². The van der Waals surface area contributed by atoms with Gasteiger partial charge in [0.2, 0.25) is 0 Å². The van der Waals surface area contributed by atoms with Gasteiger partial charge in [0, 0.05) is 10.6 Å². The average Bonchev–Trinajstić information content (AvgIpc) is 2.53. The first-order valence-electron chi connectivity index (χ1n) is 6.57. The van der Waals surface area contributed by atoms with Crippen molar-refractivity contribution in [1.82, 2.24) is 10.9 Å². The number of hydrogen-bond acceptors (Lipinski definition) is 3. The topological polar surface area (TPSA) is 67.4 Å². The molecule has 0 saturated heterocycles. The van der Waals surface area contributed by atoms with E-state index in [1.54, 1.807) is 0 Å². The number of carbonyl (C=O) groups excluding carboxylic acids is 2. The van der Waals surface area contributed by atoms with Crippen molar-refractivity contribution in [3.8, 4) is 5.75 Å². The number of halogens is 5. The Morgan fingerprint density at radius 2 is 1.52 bits per heavy atom. The van der Waals surface area contributed by atoms with Crippen molar-refractivity contribution >= 4 is 35.0 Å². The summed E-state index contributed by atoms with van der Waals surface area (Å²) in [4.78, 5) is 23.8. The molecule has 0 aliphatic carbocycles. The Hall–Kier alpha value is -2.45. The Morgan fingerprint density at radius 3 is 2.12 bits per heavy atom. The molecule has 0 aliphatic heterocycles. The Labute approximate surface area is 149 Å². The Morgan fingerprint density at radius 1 is 0.920 bits per heavy atom. The maximum Gasteiger partial charge on any atom is 0.573 e. The zero-order valence-corrected chi connectivity index (χ0v) is 13.7. The van der Waals surface area contributed by atoms with Crippen LogP contribution < -0.4 is 15.6 Å². The highest BCUT2D eigenvalue weighted by molar-refractivity contribution is 6.35. The van der Waals surface area contributed by atoms with Gasteiger partial charge in [0.25, 0.3) is 11.8 Å². The van der Waals surface area contributed by atoms with Gasteiger partial charge in [0.1, 0.15) is 5.75 Å². The molecule has 132 valence electrons. The molecule has 0 unspecified atom stereocenters. The molecule has 0 atom stereocenters. The van der Waals surface area contributed by atoms with E-state index >= 15 is 0 Å². The van der Waals surface area contributed by atoms with Crippen molar-refractivity contribution in [2.24, 2.45) is 0 Å². The molecule has 0 heterocycles. The van der Waals surface area contributed by atoms with E-state index in [9.17, 15) is 22.8 Å². The zero-order chi connectivity index (χ0) is 18.6. The van der Waals surface area contributed by atoms with Crippen LogP contribution in [0.4, 0.5) is 13.2 Å². The average molecular weight is 393 g/mol. The predicted octanol–water partition coefficient (Wildman–Crippen LogP) is 3.97. The molecule has 5 nitrogen and oxygen atoms in total. The lowest BCUT2D eigenvalue weighted by Gasteiger charge is -2.10. The summed E-state index contributed by atoms with van der Waals surface area (Å²) in [6.07, 6.45) is -4.83. The molecule has 2 N–H and O–H groups in total. The third-order valence-corrected chi connectivity index (χ3v) is 3.38. The highest BCUT2D eigenvalue weighted by atomic mass is 35.5. The minimum Gasteiger partial charge on any atom is -0.406 e. The monoisotopic (exact) mass is 392 g/mol. The smallest absolute Gasteiger partial charge is 0.406 e. The van der Waals surface area contributed by atoms with Crippen LogP contribution in [0.3, 0.4) is 0 Å². The molecule has 0 aromatic heterocycles. The van der Waals surface area contributed by atoms with E-state index in [-0.39, 0.29) is 21.2 Å². The third kappa shape index (κ3) is 5.54. The standard InChI is InChI=1S/C15H9Cl2F3N2O3/c16-9-3-6-12(17)11(7-9)14(24)22-21-13(23)8-1-4-10(5-2-8)25-15(18,19)20/h1-7H,(H,21,23)(H,22,24). The van der Waals surface area contributed by atoms with E-state index in [2.05, 4.69) is 15.6 Å². The first-order valence-corrected chi connectivity index (χ1v) is 7.33. The van der Waals surface area contributed by atoms with Crippen LogP contribution in [0.25, 0.3) is 0 Å². The summed E-state index contributed by atoms with van der Waals surface area (Å²) >= 11 is 11.6. The number of hydrazine groups is 1. The van der Waals surface area contributed by atoms with Crippen LogP contribution in [-0.2, 0) is 0 Å². The maximum absolute atomic E-state index is 12.1. The lowest BCUT2D eigenvalue weighted by molar-refractivity contribution is -0.274. The molecule has 10 heteroatoms. The fourth-order valence-corrected chi connectivity index (χ4v) is 2.11. The van der Waals surface area contributed by atoms with Gasteiger partial charge in [-0.25, -0.2) is 0 Å². The number of nitrogens with one attached hydrogen (secondary N) is 2. The van der Waals surface area contributed by atoms with Gasteiger partial charge >= 0.3 is 6.36 Å². The predicted molar refractivity (Wildman–Crippen MR) is 84.5 cm³/mol. The van der Waals surface area contributed by atoms with Crippen molar-refractivity contribution in [2.45, 2.75) is 6.36 Å². The molecule has 2 rings (SSSR count). The van der Waals surface area contributed by atoms with Crippen LogP contribution in [0.5, 0.6) is 5.75 Å². The largest absolute Gasteiger partial charge is 0.573 e. The zero-order valence-electron chi connectivity index (χ0n) is 12.2. The van der Waals surface area contributed by atoms with Gasteiger partial charge in [-0.05, 0) is 42.5 Å². The van der Waals surface area contributed by atoms with E-state index in [0.717, 1.165) is 24.3 Å². The van der Waals surface area contributed by atoms with E-state index in [1.807, 2.05) is 0 Å². The molecule has 0 bridgehead atoms. The number of rotatable bonds is 3. The minimum atomic E-state index is -4.83. The number of ether oxygens (including phenoxy) is 1. The summed E-state index contributed by atoms with van der Waals surface area (Å²) in [6, 6.07) is 8.37. The van der Waals surface area contributed by atoms with Crippen LogP contribution in [0.15, 0.2) is 42.5 Å². The van der Waals surface area contributed by atoms with Crippen LogP contribution in [0.2, 0.25) is 10.0 Å². The molecule has 25 heavy (non-hydrogen) atoms. The van der Waals surface area contributed by atoms with Gasteiger partial charge < -0.3 is 4.74 Å². The lowest BCUT2D eigenvalue weighted by atomic mass is 10.2. The molecule has 0 saturated carbocycles. The van der Waals surface area contributed by atoms with Gasteiger partial charge in [0.15, 0.2) is 0 Å². The fourth-order valence-electron chi connectivity index (χ4n) is 1.73. The molecular formula is C15H9Cl2F3N2O3. The summed E-state index contributed by atoms with van der Waals surface area (Å²) in [5.74, 6) is -1.93. The van der Waals surface area contributed by atoms with Crippen LogP contribution in [-0.4, -0.2) is 18.2 Å². The highest BCUT2D eigenvalue weighted by Crippen LogP contribution is 2.23. The fraction of sp³-hybridized carbons (Fsp3) is 0.0667. The second kappa shape index (κ2) is 7.62. The van der Waals surface area contributed by atoms with Gasteiger partial charge in [-0.15, -0.1) is 13.2 Å². The number of carbonyl (C=O) groups is 2. The Kier molecular flexibility index (Phi) is 5.76. The van der Waals surface area contributed by atoms with E-state index in [1.165, 1.54) is 18.2 Å². The van der Waals surface area contributed by atoms with Gasteiger partial charge in [0.05, 0.1) is 10.6 Å². The SMILES string of the molecule is O=C(NNC(=O)c1cc(Cl)ccc1Cl)c1ccc(OC(F)(F)F)cc1. The molecule has 2 amide bonds. The first kappa shape index (κ1) is 18.9. The molecule has 0 spiro atoms. The Bertz CT molecular complexity index is 796. The normalized spacial score (nSPS) is 10.9. The summed E-state index contributed by atoms with van der Waals surface area (Å²) in [6.45, 7) is 0. The number of benzene rings is 2. The van der Waals surface area contributed by atoms with Crippen LogP contribution in [0, 0.1) is 0 Å². The maximum atomic E-state index is 12.1. The van der Waals surface area contributed by atoms with Crippen molar-refractivity contribution in [1.29, 1.82) is 0 Å². The van der Waals surface area contributed by atoms with E-state index < -0.39 is 23.9 Å². The molecule has 0 aliphatic rings. The third-order valence-electron chi connectivity index (χ3n) is 2.81.